The third-order valence-corrected chi connectivity index (χ3v) is 3.95. The molecule has 1 saturated heterocycles. The van der Waals surface area contributed by atoms with Gasteiger partial charge in [0.25, 0.3) is 0 Å². The van der Waals surface area contributed by atoms with Gasteiger partial charge < -0.3 is 15.0 Å². The molecule has 2 heterocycles. The minimum Gasteiger partial charge on any atom is -0.378 e. The lowest BCUT2D eigenvalue weighted by molar-refractivity contribution is 0.0459. The molecule has 1 aliphatic heterocycles. The van der Waals surface area contributed by atoms with Gasteiger partial charge in [-0.3, -0.25) is 0 Å². The number of hydrogen-bond acceptors (Lipinski definition) is 5. The Morgan fingerprint density at radius 2 is 2.00 bits per heavy atom. The first-order valence-electron chi connectivity index (χ1n) is 7.63. The Morgan fingerprint density at radius 1 is 1.24 bits per heavy atom. The summed E-state index contributed by atoms with van der Waals surface area (Å²) < 4.78 is 5.73. The molecule has 1 aromatic heterocycles. The number of para-hydroxylation sites is 1. The van der Waals surface area contributed by atoms with Gasteiger partial charge in [0.05, 0.1) is 11.6 Å². The largest absolute Gasteiger partial charge is 0.378 e. The fraction of sp³-hybridized carbons (Fsp3) is 0.500. The van der Waals surface area contributed by atoms with Gasteiger partial charge in [-0.25, -0.2) is 4.98 Å². The summed E-state index contributed by atoms with van der Waals surface area (Å²) >= 11 is 0. The van der Waals surface area contributed by atoms with Crippen molar-refractivity contribution in [1.29, 1.82) is 0 Å². The Bertz CT molecular complexity index is 608. The van der Waals surface area contributed by atoms with Crippen LogP contribution in [0.15, 0.2) is 24.3 Å². The predicted octanol–water partition coefficient (Wildman–Crippen LogP) is 2.68. The van der Waals surface area contributed by atoms with Crippen LogP contribution >= 0.6 is 0 Å². The van der Waals surface area contributed by atoms with Crippen molar-refractivity contribution in [1.82, 2.24) is 9.97 Å². The molecule has 0 saturated carbocycles. The fourth-order valence-corrected chi connectivity index (χ4v) is 2.88. The summed E-state index contributed by atoms with van der Waals surface area (Å²) in [5, 5.41) is 4.17. The van der Waals surface area contributed by atoms with Crippen molar-refractivity contribution in [3.63, 3.8) is 0 Å². The third kappa shape index (κ3) is 2.93. The second kappa shape index (κ2) is 6.26. The minimum atomic E-state index is 0.392. The van der Waals surface area contributed by atoms with Crippen molar-refractivity contribution in [2.75, 3.05) is 37.0 Å². The molecule has 0 aliphatic carbocycles. The van der Waals surface area contributed by atoms with Gasteiger partial charge in [-0.15, -0.1) is 0 Å². The molecular formula is C16H22N4O. The molecule has 5 nitrogen and oxygen atoms in total. The van der Waals surface area contributed by atoms with Gasteiger partial charge in [0.2, 0.25) is 5.95 Å². The zero-order valence-electron chi connectivity index (χ0n) is 12.7. The number of benzene rings is 1. The maximum atomic E-state index is 5.73. The Kier molecular flexibility index (Phi) is 4.20. The van der Waals surface area contributed by atoms with Crippen molar-refractivity contribution in [3.8, 4) is 0 Å². The molecule has 1 aromatic carbocycles. The van der Waals surface area contributed by atoms with Crippen LogP contribution in [0.5, 0.6) is 0 Å². The van der Waals surface area contributed by atoms with Gasteiger partial charge in [0, 0.05) is 32.1 Å². The molecule has 3 rings (SSSR count). The molecule has 2 aromatic rings. The Balaban J connectivity index is 1.89. The predicted molar refractivity (Wildman–Crippen MR) is 85.9 cm³/mol. The van der Waals surface area contributed by atoms with E-state index in [0.29, 0.717) is 12.1 Å². The first kappa shape index (κ1) is 14.1. The number of fused-ring (bicyclic) bond motifs is 1. The lowest BCUT2D eigenvalue weighted by atomic mass is 10.1. The van der Waals surface area contributed by atoms with Crippen molar-refractivity contribution < 1.29 is 4.74 Å². The molecular weight excluding hydrogens is 264 g/mol. The number of piperidine rings is 1. The van der Waals surface area contributed by atoms with Crippen molar-refractivity contribution in [2.24, 2.45) is 0 Å². The zero-order chi connectivity index (χ0) is 14.7. The maximum Gasteiger partial charge on any atom is 0.224 e. The first-order valence-corrected chi connectivity index (χ1v) is 7.63. The highest BCUT2D eigenvalue weighted by Gasteiger charge is 2.22. The summed E-state index contributed by atoms with van der Waals surface area (Å²) in [5.74, 6) is 1.70. The normalized spacial score (nSPS) is 16.4. The standard InChI is InChI=1S/C16H22N4O/c1-3-21-12-8-10-20(11-9-12)15-13-6-4-5-7-14(13)18-16(17-2)19-15/h4-7,12H,3,8-11H2,1-2H3,(H,17,18,19). The summed E-state index contributed by atoms with van der Waals surface area (Å²) in [6.45, 7) is 4.82. The summed E-state index contributed by atoms with van der Waals surface area (Å²) in [5.41, 5.74) is 0.985. The Morgan fingerprint density at radius 3 is 2.71 bits per heavy atom. The maximum absolute atomic E-state index is 5.73. The van der Waals surface area contributed by atoms with E-state index in [1.54, 1.807) is 0 Å². The molecule has 21 heavy (non-hydrogen) atoms. The van der Waals surface area contributed by atoms with E-state index in [2.05, 4.69) is 33.2 Å². The number of nitrogens with one attached hydrogen (secondary N) is 1. The summed E-state index contributed by atoms with van der Waals surface area (Å²) in [6.07, 6.45) is 2.50. The summed E-state index contributed by atoms with van der Waals surface area (Å²) in [4.78, 5) is 11.5. The number of nitrogens with zero attached hydrogens (tertiary/aromatic N) is 3. The van der Waals surface area contributed by atoms with Gasteiger partial charge in [-0.05, 0) is 31.9 Å². The molecule has 0 amide bonds. The second-order valence-electron chi connectivity index (χ2n) is 5.28. The lowest BCUT2D eigenvalue weighted by Gasteiger charge is -2.33. The number of ether oxygens (including phenoxy) is 1. The highest BCUT2D eigenvalue weighted by atomic mass is 16.5. The first-order chi connectivity index (χ1) is 10.3. The van der Waals surface area contributed by atoms with Crippen LogP contribution in [0.3, 0.4) is 0 Å². The van der Waals surface area contributed by atoms with Crippen LogP contribution in [0.25, 0.3) is 10.9 Å². The minimum absolute atomic E-state index is 0.392. The molecule has 1 N–H and O–H groups in total. The van der Waals surface area contributed by atoms with E-state index >= 15 is 0 Å². The van der Waals surface area contributed by atoms with Crippen molar-refractivity contribution in [3.05, 3.63) is 24.3 Å². The van der Waals surface area contributed by atoms with Crippen LogP contribution in [0.2, 0.25) is 0 Å². The SMILES string of the molecule is CCOC1CCN(c2nc(NC)nc3ccccc23)CC1. The molecule has 112 valence electrons. The van der Waals surface area contributed by atoms with Gasteiger partial charge in [-0.1, -0.05) is 12.1 Å². The molecule has 5 heteroatoms. The highest BCUT2D eigenvalue weighted by molar-refractivity contribution is 5.90. The van der Waals surface area contributed by atoms with E-state index in [9.17, 15) is 0 Å². The van der Waals surface area contributed by atoms with E-state index in [-0.39, 0.29) is 0 Å². The molecule has 0 spiro atoms. The fourth-order valence-electron chi connectivity index (χ4n) is 2.88. The van der Waals surface area contributed by atoms with Crippen molar-refractivity contribution >= 4 is 22.7 Å². The summed E-state index contributed by atoms with van der Waals surface area (Å²) in [6, 6.07) is 8.19. The van der Waals surface area contributed by atoms with Crippen LogP contribution in [0.1, 0.15) is 19.8 Å². The van der Waals surface area contributed by atoms with E-state index in [0.717, 1.165) is 49.3 Å². The van der Waals surface area contributed by atoms with Crippen LogP contribution in [0.4, 0.5) is 11.8 Å². The third-order valence-electron chi connectivity index (χ3n) is 3.95. The molecule has 0 radical (unpaired) electrons. The van der Waals surface area contributed by atoms with Gasteiger partial charge in [0.1, 0.15) is 5.82 Å². The molecule has 0 atom stereocenters. The molecule has 1 aliphatic rings. The van der Waals surface area contributed by atoms with Crippen LogP contribution < -0.4 is 10.2 Å². The number of aromatic nitrogens is 2. The monoisotopic (exact) mass is 286 g/mol. The lowest BCUT2D eigenvalue weighted by Crippen LogP contribution is -2.37. The average Bonchev–Trinajstić information content (AvgIpc) is 2.55. The highest BCUT2D eigenvalue weighted by Crippen LogP contribution is 2.28. The number of hydrogen-bond donors (Lipinski definition) is 1. The Labute approximate surface area is 125 Å². The quantitative estimate of drug-likeness (QED) is 0.936. The topological polar surface area (TPSA) is 50.3 Å². The van der Waals surface area contributed by atoms with Crippen LogP contribution in [-0.4, -0.2) is 42.8 Å². The average molecular weight is 286 g/mol. The van der Waals surface area contributed by atoms with E-state index in [1.807, 2.05) is 25.2 Å². The van der Waals surface area contributed by atoms with Crippen LogP contribution in [0, 0.1) is 0 Å². The second-order valence-corrected chi connectivity index (χ2v) is 5.28. The van der Waals surface area contributed by atoms with E-state index in [4.69, 9.17) is 4.74 Å². The number of anilines is 2. The smallest absolute Gasteiger partial charge is 0.224 e. The van der Waals surface area contributed by atoms with Gasteiger partial charge in [0.15, 0.2) is 0 Å². The molecule has 0 unspecified atom stereocenters. The summed E-state index contributed by atoms with van der Waals surface area (Å²) in [7, 11) is 1.86. The van der Waals surface area contributed by atoms with Gasteiger partial charge in [-0.2, -0.15) is 4.98 Å². The Hall–Kier alpha value is -1.88. The van der Waals surface area contributed by atoms with Gasteiger partial charge >= 0.3 is 0 Å². The van der Waals surface area contributed by atoms with E-state index < -0.39 is 0 Å². The molecule has 0 bridgehead atoms. The van der Waals surface area contributed by atoms with E-state index in [1.165, 1.54) is 0 Å². The van der Waals surface area contributed by atoms with Crippen molar-refractivity contribution in [2.45, 2.75) is 25.9 Å². The number of rotatable bonds is 4. The van der Waals surface area contributed by atoms with Crippen LogP contribution in [-0.2, 0) is 4.74 Å². The molecule has 1 fully saturated rings. The zero-order valence-corrected chi connectivity index (χ0v) is 12.7.